The zero-order chi connectivity index (χ0) is 13.4. The normalized spacial score (nSPS) is 12.7. The van der Waals surface area contributed by atoms with Gasteiger partial charge in [-0.05, 0) is 50.4 Å². The second-order valence-electron chi connectivity index (χ2n) is 4.40. The molecule has 0 aromatic heterocycles. The fourth-order valence-electron chi connectivity index (χ4n) is 1.83. The van der Waals surface area contributed by atoms with Gasteiger partial charge in [-0.2, -0.15) is 0 Å². The molecular weight excluding hydrogens is 358 g/mol. The monoisotopic (exact) mass is 377 g/mol. The molecule has 0 spiro atoms. The number of nitrogens with one attached hydrogen (secondary N) is 1. The molecular formula is C14H21Br2NO. The zero-order valence-electron chi connectivity index (χ0n) is 11.0. The Hall–Kier alpha value is 0.1000. The van der Waals surface area contributed by atoms with E-state index in [0.717, 1.165) is 28.5 Å². The molecule has 0 saturated heterocycles. The van der Waals surface area contributed by atoms with Crippen LogP contribution in [0, 0.1) is 0 Å². The molecule has 102 valence electrons. The van der Waals surface area contributed by atoms with Gasteiger partial charge in [0.25, 0.3) is 0 Å². The van der Waals surface area contributed by atoms with Crippen molar-refractivity contribution >= 4 is 31.9 Å². The molecule has 0 heterocycles. The number of rotatable bonds is 8. The van der Waals surface area contributed by atoms with Gasteiger partial charge < -0.3 is 10.1 Å². The Bertz CT molecular complexity index is 358. The number of halogens is 2. The number of benzene rings is 1. The Balaban J connectivity index is 2.29. The van der Waals surface area contributed by atoms with Crippen molar-refractivity contribution in [3.05, 3.63) is 32.7 Å². The Morgan fingerprint density at radius 3 is 2.67 bits per heavy atom. The molecule has 0 aliphatic heterocycles. The van der Waals surface area contributed by atoms with E-state index in [-0.39, 0.29) is 0 Å². The minimum absolute atomic E-state index is 0.370. The molecule has 0 fully saturated rings. The van der Waals surface area contributed by atoms with Crippen molar-refractivity contribution in [1.29, 1.82) is 0 Å². The number of unbranched alkanes of at least 4 members (excludes halogenated alkanes) is 2. The third-order valence-corrected chi connectivity index (χ3v) is 4.08. The van der Waals surface area contributed by atoms with Crippen molar-refractivity contribution in [2.24, 2.45) is 0 Å². The van der Waals surface area contributed by atoms with E-state index in [2.05, 4.69) is 62.3 Å². The van der Waals surface area contributed by atoms with Gasteiger partial charge in [-0.3, -0.25) is 0 Å². The summed E-state index contributed by atoms with van der Waals surface area (Å²) in [5.41, 5.74) is 1.30. The van der Waals surface area contributed by atoms with Crippen LogP contribution in [0.3, 0.4) is 0 Å². The summed E-state index contributed by atoms with van der Waals surface area (Å²) in [6.07, 6.45) is 3.56. The summed E-state index contributed by atoms with van der Waals surface area (Å²) in [6.45, 7) is 4.12. The predicted octanol–water partition coefficient (Wildman–Crippen LogP) is 4.68. The van der Waals surface area contributed by atoms with Crippen molar-refractivity contribution in [1.82, 2.24) is 5.32 Å². The molecule has 0 amide bonds. The van der Waals surface area contributed by atoms with Crippen molar-refractivity contribution < 1.29 is 4.74 Å². The van der Waals surface area contributed by atoms with Crippen LogP contribution >= 0.6 is 31.9 Å². The number of hydrogen-bond donors (Lipinski definition) is 1. The van der Waals surface area contributed by atoms with Crippen LogP contribution in [0.1, 0.15) is 37.8 Å². The van der Waals surface area contributed by atoms with Crippen LogP contribution in [0.2, 0.25) is 0 Å². The number of ether oxygens (including phenoxy) is 1. The molecule has 4 heteroatoms. The lowest BCUT2D eigenvalue weighted by Crippen LogP contribution is -2.20. The van der Waals surface area contributed by atoms with Gasteiger partial charge in [0.05, 0.1) is 0 Å². The number of hydrogen-bond acceptors (Lipinski definition) is 2. The molecule has 1 unspecified atom stereocenters. The third kappa shape index (κ3) is 5.83. The summed E-state index contributed by atoms with van der Waals surface area (Å²) >= 11 is 7.08. The van der Waals surface area contributed by atoms with E-state index >= 15 is 0 Å². The lowest BCUT2D eigenvalue weighted by atomic mass is 10.1. The van der Waals surface area contributed by atoms with Crippen molar-refractivity contribution in [3.63, 3.8) is 0 Å². The minimum atomic E-state index is 0.370. The fourth-order valence-corrected chi connectivity index (χ4v) is 3.22. The molecule has 18 heavy (non-hydrogen) atoms. The number of methoxy groups -OCH3 is 1. The first-order chi connectivity index (χ1) is 8.65. The summed E-state index contributed by atoms with van der Waals surface area (Å²) in [7, 11) is 1.76. The highest BCUT2D eigenvalue weighted by atomic mass is 79.9. The SMILES string of the molecule is COCCCCCNC(C)c1ccc(Br)cc1Br. The highest BCUT2D eigenvalue weighted by Crippen LogP contribution is 2.26. The van der Waals surface area contributed by atoms with E-state index in [9.17, 15) is 0 Å². The minimum Gasteiger partial charge on any atom is -0.385 e. The maximum atomic E-state index is 5.03. The second kappa shape index (κ2) is 9.08. The predicted molar refractivity (Wildman–Crippen MR) is 84.0 cm³/mol. The highest BCUT2D eigenvalue weighted by Gasteiger charge is 2.08. The molecule has 1 aromatic carbocycles. The van der Waals surface area contributed by atoms with Gasteiger partial charge in [-0.15, -0.1) is 0 Å². The summed E-state index contributed by atoms with van der Waals surface area (Å²) in [6, 6.07) is 6.69. The van der Waals surface area contributed by atoms with Gasteiger partial charge in [-0.1, -0.05) is 37.9 Å². The third-order valence-electron chi connectivity index (χ3n) is 2.90. The van der Waals surface area contributed by atoms with E-state index in [4.69, 9.17) is 4.74 Å². The van der Waals surface area contributed by atoms with Crippen LogP contribution in [0.4, 0.5) is 0 Å². The Morgan fingerprint density at radius 1 is 1.22 bits per heavy atom. The molecule has 1 N–H and O–H groups in total. The Morgan fingerprint density at radius 2 is 2.00 bits per heavy atom. The van der Waals surface area contributed by atoms with Crippen molar-refractivity contribution in [3.8, 4) is 0 Å². The van der Waals surface area contributed by atoms with E-state index in [0.29, 0.717) is 6.04 Å². The Kier molecular flexibility index (Phi) is 8.15. The molecule has 0 radical (unpaired) electrons. The van der Waals surface area contributed by atoms with Gasteiger partial charge in [0.1, 0.15) is 0 Å². The molecule has 1 aromatic rings. The summed E-state index contributed by atoms with van der Waals surface area (Å²) in [5, 5.41) is 3.55. The summed E-state index contributed by atoms with van der Waals surface area (Å²) < 4.78 is 7.29. The molecule has 0 aliphatic rings. The molecule has 1 atom stereocenters. The van der Waals surface area contributed by atoms with Crippen LogP contribution in [-0.4, -0.2) is 20.3 Å². The standard InChI is InChI=1S/C14H21Br2NO/c1-11(17-8-4-3-5-9-18-2)13-7-6-12(15)10-14(13)16/h6-7,10-11,17H,3-5,8-9H2,1-2H3. The van der Waals surface area contributed by atoms with Gasteiger partial charge in [0.2, 0.25) is 0 Å². The largest absolute Gasteiger partial charge is 0.385 e. The molecule has 0 aliphatic carbocycles. The lowest BCUT2D eigenvalue weighted by Gasteiger charge is -2.16. The van der Waals surface area contributed by atoms with Gasteiger partial charge in [0.15, 0.2) is 0 Å². The van der Waals surface area contributed by atoms with Crippen molar-refractivity contribution in [2.45, 2.75) is 32.2 Å². The van der Waals surface area contributed by atoms with Crippen LogP contribution in [0.15, 0.2) is 27.1 Å². The first-order valence-electron chi connectivity index (χ1n) is 6.32. The van der Waals surface area contributed by atoms with Crippen LogP contribution in [0.5, 0.6) is 0 Å². The Labute approximate surface area is 127 Å². The average molecular weight is 379 g/mol. The summed E-state index contributed by atoms with van der Waals surface area (Å²) in [4.78, 5) is 0. The summed E-state index contributed by atoms with van der Waals surface area (Å²) in [5.74, 6) is 0. The van der Waals surface area contributed by atoms with E-state index < -0.39 is 0 Å². The van der Waals surface area contributed by atoms with Crippen LogP contribution in [-0.2, 0) is 4.74 Å². The van der Waals surface area contributed by atoms with Gasteiger partial charge in [0, 0.05) is 28.7 Å². The van der Waals surface area contributed by atoms with Gasteiger partial charge in [-0.25, -0.2) is 0 Å². The average Bonchev–Trinajstić information content (AvgIpc) is 2.33. The fraction of sp³-hybridized carbons (Fsp3) is 0.571. The zero-order valence-corrected chi connectivity index (χ0v) is 14.2. The molecule has 1 rings (SSSR count). The smallest absolute Gasteiger partial charge is 0.0462 e. The maximum Gasteiger partial charge on any atom is 0.0462 e. The van der Waals surface area contributed by atoms with E-state index in [1.54, 1.807) is 7.11 Å². The first kappa shape index (κ1) is 16.2. The molecule has 0 bridgehead atoms. The topological polar surface area (TPSA) is 21.3 Å². The van der Waals surface area contributed by atoms with E-state index in [1.165, 1.54) is 18.4 Å². The quantitative estimate of drug-likeness (QED) is 0.663. The highest BCUT2D eigenvalue weighted by molar-refractivity contribution is 9.11. The van der Waals surface area contributed by atoms with Gasteiger partial charge >= 0.3 is 0 Å². The van der Waals surface area contributed by atoms with Crippen molar-refractivity contribution in [2.75, 3.05) is 20.3 Å². The van der Waals surface area contributed by atoms with Crippen LogP contribution in [0.25, 0.3) is 0 Å². The second-order valence-corrected chi connectivity index (χ2v) is 6.17. The first-order valence-corrected chi connectivity index (χ1v) is 7.91. The van der Waals surface area contributed by atoms with Crippen LogP contribution < -0.4 is 5.32 Å². The lowest BCUT2D eigenvalue weighted by molar-refractivity contribution is 0.192. The molecule has 2 nitrogen and oxygen atoms in total. The maximum absolute atomic E-state index is 5.03. The molecule has 0 saturated carbocycles. The van der Waals surface area contributed by atoms with E-state index in [1.807, 2.05) is 0 Å².